The first-order valence-electron chi connectivity index (χ1n) is 5.82. The third-order valence-electron chi connectivity index (χ3n) is 2.64. The molecule has 2 aromatic rings. The van der Waals surface area contributed by atoms with Gasteiger partial charge >= 0.3 is 0 Å². The zero-order valence-corrected chi connectivity index (χ0v) is 10.2. The monoisotopic (exact) mass is 244 g/mol. The van der Waals surface area contributed by atoms with Gasteiger partial charge in [0.1, 0.15) is 5.75 Å². The molecule has 5 heteroatoms. The standard InChI is InChI=1S/C13H16N4O/c1-2-17(11-4-3-5-12(18)6-11)13-9-15-10(7-14)8-16-13/h3-6,8-9,18H,2,7,14H2,1H3. The van der Waals surface area contributed by atoms with Crippen LogP contribution in [0.2, 0.25) is 0 Å². The SMILES string of the molecule is CCN(c1cccc(O)c1)c1cnc(CN)cn1. The second kappa shape index (κ2) is 5.46. The van der Waals surface area contributed by atoms with Crippen LogP contribution >= 0.6 is 0 Å². The molecule has 1 aromatic carbocycles. The van der Waals surface area contributed by atoms with Crippen molar-refractivity contribution in [1.82, 2.24) is 9.97 Å². The van der Waals surface area contributed by atoms with Crippen LogP contribution in [0.25, 0.3) is 0 Å². The lowest BCUT2D eigenvalue weighted by molar-refractivity contribution is 0.475. The summed E-state index contributed by atoms with van der Waals surface area (Å²) in [7, 11) is 0. The van der Waals surface area contributed by atoms with Gasteiger partial charge in [0.2, 0.25) is 0 Å². The second-order valence-electron chi connectivity index (χ2n) is 3.83. The van der Waals surface area contributed by atoms with Gasteiger partial charge in [-0.2, -0.15) is 0 Å². The highest BCUT2D eigenvalue weighted by Gasteiger charge is 2.09. The molecule has 0 amide bonds. The Balaban J connectivity index is 2.32. The smallest absolute Gasteiger partial charge is 0.151 e. The zero-order chi connectivity index (χ0) is 13.0. The van der Waals surface area contributed by atoms with Crippen LogP contribution in [0.15, 0.2) is 36.7 Å². The van der Waals surface area contributed by atoms with E-state index in [9.17, 15) is 5.11 Å². The van der Waals surface area contributed by atoms with Crippen molar-refractivity contribution < 1.29 is 5.11 Å². The fraction of sp³-hybridized carbons (Fsp3) is 0.231. The fourth-order valence-electron chi connectivity index (χ4n) is 1.73. The van der Waals surface area contributed by atoms with Crippen LogP contribution in [0.3, 0.4) is 0 Å². The molecule has 0 radical (unpaired) electrons. The Hall–Kier alpha value is -2.14. The van der Waals surface area contributed by atoms with E-state index in [-0.39, 0.29) is 5.75 Å². The molecule has 0 aliphatic heterocycles. The quantitative estimate of drug-likeness (QED) is 0.857. The normalized spacial score (nSPS) is 10.3. The van der Waals surface area contributed by atoms with Crippen molar-refractivity contribution in [2.45, 2.75) is 13.5 Å². The highest BCUT2D eigenvalue weighted by atomic mass is 16.3. The largest absolute Gasteiger partial charge is 0.508 e. The van der Waals surface area contributed by atoms with Crippen LogP contribution in [0, 0.1) is 0 Å². The van der Waals surface area contributed by atoms with Crippen molar-refractivity contribution in [3.05, 3.63) is 42.4 Å². The van der Waals surface area contributed by atoms with Crippen LogP contribution in [-0.4, -0.2) is 21.6 Å². The molecule has 1 aromatic heterocycles. The summed E-state index contributed by atoms with van der Waals surface area (Å²) < 4.78 is 0. The van der Waals surface area contributed by atoms with Crippen molar-refractivity contribution in [3.8, 4) is 5.75 Å². The highest BCUT2D eigenvalue weighted by Crippen LogP contribution is 2.25. The van der Waals surface area contributed by atoms with Crippen LogP contribution in [0.5, 0.6) is 5.75 Å². The number of nitrogens with zero attached hydrogens (tertiary/aromatic N) is 3. The second-order valence-corrected chi connectivity index (χ2v) is 3.83. The minimum absolute atomic E-state index is 0.234. The highest BCUT2D eigenvalue weighted by molar-refractivity contribution is 5.60. The average molecular weight is 244 g/mol. The number of rotatable bonds is 4. The lowest BCUT2D eigenvalue weighted by atomic mass is 10.2. The Morgan fingerprint density at radius 2 is 2.11 bits per heavy atom. The van der Waals surface area contributed by atoms with Crippen molar-refractivity contribution in [3.63, 3.8) is 0 Å². The van der Waals surface area contributed by atoms with E-state index in [1.807, 2.05) is 17.9 Å². The zero-order valence-electron chi connectivity index (χ0n) is 10.2. The maximum absolute atomic E-state index is 9.51. The van der Waals surface area contributed by atoms with E-state index in [1.54, 1.807) is 30.6 Å². The van der Waals surface area contributed by atoms with Crippen molar-refractivity contribution in [2.75, 3.05) is 11.4 Å². The Kier molecular flexibility index (Phi) is 3.74. The topological polar surface area (TPSA) is 75.3 Å². The summed E-state index contributed by atoms with van der Waals surface area (Å²) in [6.45, 7) is 3.13. The Labute approximate surface area is 106 Å². The summed E-state index contributed by atoms with van der Waals surface area (Å²) in [5.41, 5.74) is 7.13. The molecule has 94 valence electrons. The van der Waals surface area contributed by atoms with Crippen LogP contribution in [0.1, 0.15) is 12.6 Å². The molecular weight excluding hydrogens is 228 g/mol. The number of aromatic nitrogens is 2. The Bertz CT molecular complexity index is 513. The van der Waals surface area contributed by atoms with Crippen LogP contribution in [-0.2, 0) is 6.54 Å². The van der Waals surface area contributed by atoms with Gasteiger partial charge in [-0.05, 0) is 19.1 Å². The summed E-state index contributed by atoms with van der Waals surface area (Å²) in [4.78, 5) is 10.5. The molecule has 0 fully saturated rings. The summed E-state index contributed by atoms with van der Waals surface area (Å²) >= 11 is 0. The van der Waals surface area contributed by atoms with Gasteiger partial charge in [-0.1, -0.05) is 6.07 Å². The minimum atomic E-state index is 0.234. The molecule has 0 saturated carbocycles. The molecule has 3 N–H and O–H groups in total. The summed E-state index contributed by atoms with van der Waals surface area (Å²) in [6.07, 6.45) is 3.36. The van der Waals surface area contributed by atoms with Crippen molar-refractivity contribution in [1.29, 1.82) is 0 Å². The van der Waals surface area contributed by atoms with E-state index in [2.05, 4.69) is 9.97 Å². The number of phenols is 1. The number of hydrogen-bond acceptors (Lipinski definition) is 5. The van der Waals surface area contributed by atoms with Gasteiger partial charge in [0, 0.05) is 24.8 Å². The van der Waals surface area contributed by atoms with E-state index in [4.69, 9.17) is 5.73 Å². The first kappa shape index (κ1) is 12.3. The predicted octanol–water partition coefficient (Wildman–Crippen LogP) is 1.80. The number of anilines is 2. The maximum atomic E-state index is 9.51. The Morgan fingerprint density at radius 1 is 1.28 bits per heavy atom. The summed E-state index contributed by atoms with van der Waals surface area (Å²) in [5.74, 6) is 0.970. The van der Waals surface area contributed by atoms with Gasteiger partial charge in [-0.15, -0.1) is 0 Å². The van der Waals surface area contributed by atoms with Crippen molar-refractivity contribution in [2.24, 2.45) is 5.73 Å². The van der Waals surface area contributed by atoms with Gasteiger partial charge in [0.25, 0.3) is 0 Å². The third kappa shape index (κ3) is 2.57. The number of phenolic OH excluding ortho intramolecular Hbond substituents is 1. The fourth-order valence-corrected chi connectivity index (χ4v) is 1.73. The molecule has 0 bridgehead atoms. The average Bonchev–Trinajstić information content (AvgIpc) is 2.40. The molecule has 18 heavy (non-hydrogen) atoms. The van der Waals surface area contributed by atoms with Gasteiger partial charge in [-0.3, -0.25) is 4.98 Å². The Morgan fingerprint density at radius 3 is 2.67 bits per heavy atom. The number of aromatic hydroxyl groups is 1. The van der Waals surface area contributed by atoms with E-state index >= 15 is 0 Å². The van der Waals surface area contributed by atoms with E-state index in [0.29, 0.717) is 6.54 Å². The molecule has 0 aliphatic carbocycles. The molecule has 2 rings (SSSR count). The molecule has 1 heterocycles. The number of nitrogens with two attached hydrogens (primary N) is 1. The molecule has 0 unspecified atom stereocenters. The van der Waals surface area contributed by atoms with E-state index in [1.165, 1.54) is 0 Å². The van der Waals surface area contributed by atoms with Gasteiger partial charge < -0.3 is 15.7 Å². The molecule has 0 atom stereocenters. The number of benzene rings is 1. The summed E-state index contributed by atoms with van der Waals surface area (Å²) in [6, 6.07) is 7.05. The molecule has 0 saturated heterocycles. The lowest BCUT2D eigenvalue weighted by Gasteiger charge is -2.21. The van der Waals surface area contributed by atoms with Crippen LogP contribution < -0.4 is 10.6 Å². The van der Waals surface area contributed by atoms with Gasteiger partial charge in [0.05, 0.1) is 18.1 Å². The predicted molar refractivity (Wildman–Crippen MR) is 70.7 cm³/mol. The minimum Gasteiger partial charge on any atom is -0.508 e. The van der Waals surface area contributed by atoms with E-state index < -0.39 is 0 Å². The number of hydrogen-bond donors (Lipinski definition) is 2. The first-order chi connectivity index (χ1) is 8.74. The first-order valence-corrected chi connectivity index (χ1v) is 5.82. The van der Waals surface area contributed by atoms with E-state index in [0.717, 1.165) is 23.7 Å². The van der Waals surface area contributed by atoms with Crippen LogP contribution in [0.4, 0.5) is 11.5 Å². The van der Waals surface area contributed by atoms with Gasteiger partial charge in [0.15, 0.2) is 5.82 Å². The third-order valence-corrected chi connectivity index (χ3v) is 2.64. The summed E-state index contributed by atoms with van der Waals surface area (Å²) in [5, 5.41) is 9.51. The van der Waals surface area contributed by atoms with Crippen molar-refractivity contribution >= 4 is 11.5 Å². The maximum Gasteiger partial charge on any atom is 0.151 e. The molecule has 5 nitrogen and oxygen atoms in total. The lowest BCUT2D eigenvalue weighted by Crippen LogP contribution is -2.17. The molecule has 0 aliphatic rings. The van der Waals surface area contributed by atoms with Gasteiger partial charge in [-0.25, -0.2) is 4.98 Å². The molecule has 0 spiro atoms. The molecular formula is C13H16N4O.